The quantitative estimate of drug-likeness (QED) is 0.680. The lowest BCUT2D eigenvalue weighted by Crippen LogP contribution is -2.34. The fraction of sp³-hybridized carbons (Fsp3) is 0.286. The molecule has 0 saturated carbocycles. The van der Waals surface area contributed by atoms with Gasteiger partial charge in [0.15, 0.2) is 17.3 Å². The molecule has 0 aliphatic rings. The van der Waals surface area contributed by atoms with Gasteiger partial charge in [0.2, 0.25) is 5.91 Å². The minimum atomic E-state index is -0.781. The number of aromatic amines is 1. The highest BCUT2D eigenvalue weighted by molar-refractivity contribution is 5.99. The van der Waals surface area contributed by atoms with E-state index in [1.54, 1.807) is 20.3 Å². The van der Waals surface area contributed by atoms with Gasteiger partial charge in [0.25, 0.3) is 0 Å². The SMILES string of the molecule is COc1ccc(C(C)(C)C(=O)Nc2cccc(-c3n[nH]c(C)n3)c2)cc1OC. The number of carbonyl (C=O) groups excluding carboxylic acids is 1. The van der Waals surface area contributed by atoms with Gasteiger partial charge in [0.1, 0.15) is 5.82 Å². The number of amides is 1. The lowest BCUT2D eigenvalue weighted by Gasteiger charge is -2.25. The smallest absolute Gasteiger partial charge is 0.234 e. The summed E-state index contributed by atoms with van der Waals surface area (Å²) in [6.07, 6.45) is 0. The molecule has 0 fully saturated rings. The molecule has 28 heavy (non-hydrogen) atoms. The zero-order chi connectivity index (χ0) is 20.3. The highest BCUT2D eigenvalue weighted by Gasteiger charge is 2.31. The van der Waals surface area contributed by atoms with Crippen LogP contribution >= 0.6 is 0 Å². The Morgan fingerprint density at radius 2 is 1.82 bits per heavy atom. The van der Waals surface area contributed by atoms with Gasteiger partial charge < -0.3 is 14.8 Å². The lowest BCUT2D eigenvalue weighted by atomic mass is 9.83. The average Bonchev–Trinajstić information content (AvgIpc) is 3.14. The van der Waals surface area contributed by atoms with Crippen molar-refractivity contribution in [2.45, 2.75) is 26.2 Å². The van der Waals surface area contributed by atoms with E-state index in [-0.39, 0.29) is 5.91 Å². The molecular weight excluding hydrogens is 356 g/mol. The number of hydrogen-bond acceptors (Lipinski definition) is 5. The van der Waals surface area contributed by atoms with Crippen LogP contribution in [-0.2, 0) is 10.2 Å². The minimum Gasteiger partial charge on any atom is -0.493 e. The van der Waals surface area contributed by atoms with Gasteiger partial charge in [0, 0.05) is 11.3 Å². The second-order valence-electron chi connectivity index (χ2n) is 6.97. The lowest BCUT2D eigenvalue weighted by molar-refractivity contribution is -0.120. The Hall–Kier alpha value is -3.35. The molecule has 0 spiro atoms. The largest absolute Gasteiger partial charge is 0.493 e. The second kappa shape index (κ2) is 7.72. The van der Waals surface area contributed by atoms with Crippen LogP contribution < -0.4 is 14.8 Å². The van der Waals surface area contributed by atoms with Crippen LogP contribution in [0.3, 0.4) is 0 Å². The van der Waals surface area contributed by atoms with Crippen molar-refractivity contribution in [1.29, 1.82) is 0 Å². The summed E-state index contributed by atoms with van der Waals surface area (Å²) in [5.74, 6) is 2.40. The molecule has 0 atom stereocenters. The van der Waals surface area contributed by atoms with Gasteiger partial charge in [-0.15, -0.1) is 0 Å². The van der Waals surface area contributed by atoms with Gasteiger partial charge in [-0.3, -0.25) is 9.89 Å². The summed E-state index contributed by atoms with van der Waals surface area (Å²) in [6.45, 7) is 5.58. The van der Waals surface area contributed by atoms with Crippen molar-refractivity contribution in [3.05, 3.63) is 53.9 Å². The monoisotopic (exact) mass is 380 g/mol. The van der Waals surface area contributed by atoms with Crippen molar-refractivity contribution in [2.75, 3.05) is 19.5 Å². The summed E-state index contributed by atoms with van der Waals surface area (Å²) in [6, 6.07) is 12.9. The number of anilines is 1. The third-order valence-electron chi connectivity index (χ3n) is 4.65. The number of aryl methyl sites for hydroxylation is 1. The molecule has 7 nitrogen and oxygen atoms in total. The fourth-order valence-corrected chi connectivity index (χ4v) is 2.85. The zero-order valence-electron chi connectivity index (χ0n) is 16.7. The standard InChI is InChI=1S/C21H24N4O3/c1-13-22-19(25-24-13)14-7-6-8-16(11-14)23-20(26)21(2,3)15-9-10-17(27-4)18(12-15)28-5/h6-12H,1-5H3,(H,23,26)(H,22,24,25). The van der Waals surface area contributed by atoms with Gasteiger partial charge in [0.05, 0.1) is 19.6 Å². The molecule has 0 aliphatic carbocycles. The zero-order valence-corrected chi connectivity index (χ0v) is 16.7. The van der Waals surface area contributed by atoms with Crippen LogP contribution in [0, 0.1) is 6.92 Å². The first-order chi connectivity index (χ1) is 13.3. The summed E-state index contributed by atoms with van der Waals surface area (Å²) in [4.78, 5) is 17.3. The van der Waals surface area contributed by atoms with Crippen LogP contribution in [0.2, 0.25) is 0 Å². The number of carbonyl (C=O) groups is 1. The van der Waals surface area contributed by atoms with E-state index >= 15 is 0 Å². The highest BCUT2D eigenvalue weighted by Crippen LogP contribution is 2.34. The number of ether oxygens (including phenoxy) is 2. The van der Waals surface area contributed by atoms with E-state index in [4.69, 9.17) is 9.47 Å². The molecule has 2 aromatic carbocycles. The van der Waals surface area contributed by atoms with Crippen LogP contribution in [0.1, 0.15) is 25.2 Å². The molecule has 1 aromatic heterocycles. The third-order valence-corrected chi connectivity index (χ3v) is 4.65. The van der Waals surface area contributed by atoms with Gasteiger partial charge in [-0.05, 0) is 50.6 Å². The van der Waals surface area contributed by atoms with Crippen LogP contribution in [-0.4, -0.2) is 35.3 Å². The van der Waals surface area contributed by atoms with Crippen molar-refractivity contribution in [3.8, 4) is 22.9 Å². The average molecular weight is 380 g/mol. The molecule has 0 unspecified atom stereocenters. The van der Waals surface area contributed by atoms with Crippen LogP contribution in [0.5, 0.6) is 11.5 Å². The number of nitrogens with one attached hydrogen (secondary N) is 2. The number of aromatic nitrogens is 3. The first-order valence-electron chi connectivity index (χ1n) is 8.88. The predicted molar refractivity (Wildman–Crippen MR) is 108 cm³/mol. The summed E-state index contributed by atoms with van der Waals surface area (Å²) >= 11 is 0. The Balaban J connectivity index is 1.84. The highest BCUT2D eigenvalue weighted by atomic mass is 16.5. The van der Waals surface area contributed by atoms with Crippen LogP contribution in [0.4, 0.5) is 5.69 Å². The van der Waals surface area contributed by atoms with Crippen LogP contribution in [0.15, 0.2) is 42.5 Å². The molecule has 0 aliphatic heterocycles. The first kappa shape index (κ1) is 19.4. The fourth-order valence-electron chi connectivity index (χ4n) is 2.85. The molecule has 2 N–H and O–H groups in total. The van der Waals surface area contributed by atoms with Gasteiger partial charge in [-0.1, -0.05) is 18.2 Å². The van der Waals surface area contributed by atoms with Crippen molar-refractivity contribution in [2.24, 2.45) is 0 Å². The van der Waals surface area contributed by atoms with E-state index in [2.05, 4.69) is 20.5 Å². The number of H-pyrrole nitrogens is 1. The first-order valence-corrected chi connectivity index (χ1v) is 8.88. The van der Waals surface area contributed by atoms with Crippen molar-refractivity contribution < 1.29 is 14.3 Å². The van der Waals surface area contributed by atoms with Crippen molar-refractivity contribution in [1.82, 2.24) is 15.2 Å². The van der Waals surface area contributed by atoms with Crippen molar-refractivity contribution >= 4 is 11.6 Å². The number of benzene rings is 2. The number of rotatable bonds is 6. The normalized spacial score (nSPS) is 11.2. The summed E-state index contributed by atoms with van der Waals surface area (Å²) in [5.41, 5.74) is 1.55. The third kappa shape index (κ3) is 3.83. The second-order valence-corrected chi connectivity index (χ2v) is 6.97. The molecule has 0 saturated heterocycles. The summed E-state index contributed by atoms with van der Waals surface area (Å²) in [5, 5.41) is 9.97. The van der Waals surface area contributed by atoms with Crippen molar-refractivity contribution in [3.63, 3.8) is 0 Å². The van der Waals surface area contributed by atoms with Gasteiger partial charge in [-0.25, -0.2) is 4.98 Å². The van der Waals surface area contributed by atoms with E-state index in [1.165, 1.54) is 0 Å². The van der Waals surface area contributed by atoms with E-state index in [9.17, 15) is 4.79 Å². The molecule has 0 bridgehead atoms. The van der Waals surface area contributed by atoms with Gasteiger partial charge >= 0.3 is 0 Å². The Morgan fingerprint density at radius 3 is 2.46 bits per heavy atom. The topological polar surface area (TPSA) is 89.1 Å². The molecule has 0 radical (unpaired) electrons. The predicted octanol–water partition coefficient (Wildman–Crippen LogP) is 3.71. The molecule has 146 valence electrons. The molecule has 1 heterocycles. The van der Waals surface area contributed by atoms with E-state index in [1.807, 2.05) is 57.2 Å². The summed E-state index contributed by atoms with van der Waals surface area (Å²) in [7, 11) is 3.16. The van der Waals surface area contributed by atoms with Crippen LogP contribution in [0.25, 0.3) is 11.4 Å². The molecule has 3 aromatic rings. The number of nitrogens with zero attached hydrogens (tertiary/aromatic N) is 2. The maximum Gasteiger partial charge on any atom is 0.234 e. The maximum absolute atomic E-state index is 13.0. The summed E-state index contributed by atoms with van der Waals surface area (Å²) < 4.78 is 10.6. The maximum atomic E-state index is 13.0. The molecule has 1 amide bonds. The van der Waals surface area contributed by atoms with Gasteiger partial charge in [-0.2, -0.15) is 5.10 Å². The number of hydrogen-bond donors (Lipinski definition) is 2. The Kier molecular flexibility index (Phi) is 5.35. The molecule has 3 rings (SSSR count). The Labute approximate surface area is 164 Å². The molecular formula is C21H24N4O3. The minimum absolute atomic E-state index is 0.136. The Bertz CT molecular complexity index is 995. The number of methoxy groups -OCH3 is 2. The van der Waals surface area contributed by atoms with E-state index in [0.717, 1.165) is 17.0 Å². The molecule has 7 heteroatoms. The Morgan fingerprint density at radius 1 is 1.07 bits per heavy atom. The van der Waals surface area contributed by atoms with E-state index < -0.39 is 5.41 Å². The van der Waals surface area contributed by atoms with E-state index in [0.29, 0.717) is 23.0 Å².